The smallest absolute Gasteiger partial charge is 0.00451 e. The van der Waals surface area contributed by atoms with Crippen molar-refractivity contribution in [3.8, 4) is 0 Å². The van der Waals surface area contributed by atoms with Crippen LogP contribution in [0.3, 0.4) is 0 Å². The molecule has 0 aliphatic carbocycles. The highest BCUT2D eigenvalue weighted by molar-refractivity contribution is 5.48. The molecule has 92 valence electrons. The lowest BCUT2D eigenvalue weighted by Crippen LogP contribution is -2.12. The Balaban J connectivity index is 0. The zero-order valence-electron chi connectivity index (χ0n) is 11.4. The van der Waals surface area contributed by atoms with Crippen LogP contribution in [0.15, 0.2) is 36.4 Å². The van der Waals surface area contributed by atoms with Gasteiger partial charge in [0.2, 0.25) is 0 Å². The van der Waals surface area contributed by atoms with Crippen molar-refractivity contribution >= 4 is 6.08 Å². The molecule has 0 amide bonds. The second-order valence-electron chi connectivity index (χ2n) is 3.03. The lowest BCUT2D eigenvalue weighted by atomic mass is 10.2. The summed E-state index contributed by atoms with van der Waals surface area (Å²) < 4.78 is 0. The van der Waals surface area contributed by atoms with E-state index in [1.165, 1.54) is 5.56 Å². The Kier molecular flexibility index (Phi) is 15.1. The first-order valence-electron chi connectivity index (χ1n) is 6.26. The van der Waals surface area contributed by atoms with Crippen LogP contribution in [0.5, 0.6) is 0 Å². The van der Waals surface area contributed by atoms with Gasteiger partial charge in [-0.15, -0.1) is 0 Å². The maximum Gasteiger partial charge on any atom is 0.00451 e. The molecule has 16 heavy (non-hydrogen) atoms. The van der Waals surface area contributed by atoms with E-state index in [0.717, 1.165) is 6.42 Å². The summed E-state index contributed by atoms with van der Waals surface area (Å²) in [6.45, 7) is 10.0. The molecule has 1 nitrogen and oxygen atoms in total. The fourth-order valence-electron chi connectivity index (χ4n) is 0.983. The average Bonchev–Trinajstić information content (AvgIpc) is 2.35. The normalized spacial score (nSPS) is 10.9. The molecule has 0 spiro atoms. The second kappa shape index (κ2) is 13.9. The number of hydrogen-bond acceptors (Lipinski definition) is 1. The van der Waals surface area contributed by atoms with Gasteiger partial charge in [0.05, 0.1) is 0 Å². The van der Waals surface area contributed by atoms with E-state index in [0.29, 0.717) is 0 Å². The van der Waals surface area contributed by atoms with Gasteiger partial charge >= 0.3 is 0 Å². The molecular weight excluding hydrogens is 194 g/mol. The summed E-state index contributed by atoms with van der Waals surface area (Å²) in [4.78, 5) is 0. The monoisotopic (exact) mass is 221 g/mol. The summed E-state index contributed by atoms with van der Waals surface area (Å²) in [5, 5.41) is 0. The fraction of sp³-hybridized carbons (Fsp3) is 0.467. The van der Waals surface area contributed by atoms with E-state index in [4.69, 9.17) is 5.73 Å². The molecular formula is C15H27N. The van der Waals surface area contributed by atoms with E-state index in [9.17, 15) is 0 Å². The average molecular weight is 221 g/mol. The summed E-state index contributed by atoms with van der Waals surface area (Å²) in [6.07, 6.45) is 5.15. The van der Waals surface area contributed by atoms with Crippen molar-refractivity contribution in [1.29, 1.82) is 0 Å². The Morgan fingerprint density at radius 2 is 1.56 bits per heavy atom. The van der Waals surface area contributed by atoms with Crippen LogP contribution in [0.4, 0.5) is 0 Å². The van der Waals surface area contributed by atoms with Gasteiger partial charge in [0.25, 0.3) is 0 Å². The molecule has 0 bridgehead atoms. The quantitative estimate of drug-likeness (QED) is 0.799. The second-order valence-corrected chi connectivity index (χ2v) is 3.03. The molecule has 0 radical (unpaired) electrons. The third-order valence-electron chi connectivity index (χ3n) is 1.62. The highest BCUT2D eigenvalue weighted by atomic mass is 14.6. The first-order valence-corrected chi connectivity index (χ1v) is 6.26. The summed E-state index contributed by atoms with van der Waals surface area (Å²) in [5.41, 5.74) is 6.84. The van der Waals surface area contributed by atoms with E-state index in [2.05, 4.69) is 24.3 Å². The summed E-state index contributed by atoms with van der Waals surface area (Å²) >= 11 is 0. The highest BCUT2D eigenvalue weighted by Crippen LogP contribution is 2.02. The Labute approximate surface area is 101 Å². The van der Waals surface area contributed by atoms with E-state index in [1.807, 2.05) is 52.8 Å². The van der Waals surface area contributed by atoms with Gasteiger partial charge in [-0.05, 0) is 18.9 Å². The van der Waals surface area contributed by atoms with Crippen LogP contribution in [0.25, 0.3) is 6.08 Å². The van der Waals surface area contributed by atoms with Crippen molar-refractivity contribution in [1.82, 2.24) is 0 Å². The summed E-state index contributed by atoms with van der Waals surface area (Å²) in [7, 11) is 0. The van der Waals surface area contributed by atoms with Crippen LogP contribution in [-0.2, 0) is 0 Å². The zero-order chi connectivity index (χ0) is 12.8. The van der Waals surface area contributed by atoms with Crippen molar-refractivity contribution in [3.63, 3.8) is 0 Å². The van der Waals surface area contributed by atoms with E-state index >= 15 is 0 Å². The molecule has 0 fully saturated rings. The van der Waals surface area contributed by atoms with Gasteiger partial charge in [0, 0.05) is 6.04 Å². The molecule has 1 atom stereocenters. The zero-order valence-corrected chi connectivity index (χ0v) is 11.4. The number of nitrogens with two attached hydrogens (primary N) is 1. The first-order chi connectivity index (χ1) is 7.79. The standard InChI is InChI=1S/C11H15N.2C2H6/c1-10(12)6-5-9-11-7-3-2-4-8-11;2*1-2/h2-5,7-10H,6,12H2,1H3;2*1-2H3/b9-5-;;. The molecule has 0 saturated carbocycles. The minimum Gasteiger partial charge on any atom is -0.328 e. The van der Waals surface area contributed by atoms with Crippen molar-refractivity contribution < 1.29 is 0 Å². The molecule has 1 rings (SSSR count). The van der Waals surface area contributed by atoms with Crippen LogP contribution in [0.1, 0.15) is 46.6 Å². The molecule has 0 aliphatic heterocycles. The Hall–Kier alpha value is -1.08. The predicted molar refractivity (Wildman–Crippen MR) is 76.4 cm³/mol. The van der Waals surface area contributed by atoms with Gasteiger partial charge in [-0.25, -0.2) is 0 Å². The first kappa shape index (κ1) is 17.3. The van der Waals surface area contributed by atoms with Crippen molar-refractivity contribution in [2.24, 2.45) is 5.73 Å². The summed E-state index contributed by atoms with van der Waals surface area (Å²) in [6, 6.07) is 10.5. The summed E-state index contributed by atoms with van der Waals surface area (Å²) in [5.74, 6) is 0. The minimum absolute atomic E-state index is 0.255. The van der Waals surface area contributed by atoms with Gasteiger partial charge in [-0.2, -0.15) is 0 Å². The van der Waals surface area contributed by atoms with Crippen LogP contribution < -0.4 is 5.73 Å². The van der Waals surface area contributed by atoms with Crippen LogP contribution in [-0.4, -0.2) is 6.04 Å². The molecule has 0 saturated heterocycles. The lowest BCUT2D eigenvalue weighted by Gasteiger charge is -1.97. The maximum atomic E-state index is 5.61. The van der Waals surface area contributed by atoms with E-state index in [-0.39, 0.29) is 6.04 Å². The molecule has 0 aliphatic rings. The minimum atomic E-state index is 0.255. The fourth-order valence-corrected chi connectivity index (χ4v) is 0.983. The van der Waals surface area contributed by atoms with E-state index in [1.54, 1.807) is 0 Å². The molecule has 0 heterocycles. The van der Waals surface area contributed by atoms with Gasteiger partial charge in [-0.1, -0.05) is 70.2 Å². The Morgan fingerprint density at radius 3 is 2.00 bits per heavy atom. The Morgan fingerprint density at radius 1 is 1.06 bits per heavy atom. The molecule has 0 aromatic heterocycles. The number of hydrogen-bond donors (Lipinski definition) is 1. The SMILES string of the molecule is CC.CC.CC(N)C/C=C\c1ccccc1. The number of benzene rings is 1. The van der Waals surface area contributed by atoms with Gasteiger partial charge < -0.3 is 5.73 Å². The van der Waals surface area contributed by atoms with E-state index < -0.39 is 0 Å². The van der Waals surface area contributed by atoms with Crippen molar-refractivity contribution in [3.05, 3.63) is 42.0 Å². The van der Waals surface area contributed by atoms with Gasteiger partial charge in [0.1, 0.15) is 0 Å². The Bertz CT molecular complexity index is 237. The largest absolute Gasteiger partial charge is 0.328 e. The highest BCUT2D eigenvalue weighted by Gasteiger charge is 1.87. The topological polar surface area (TPSA) is 26.0 Å². The van der Waals surface area contributed by atoms with Gasteiger partial charge in [0.15, 0.2) is 0 Å². The third-order valence-corrected chi connectivity index (χ3v) is 1.62. The van der Waals surface area contributed by atoms with Gasteiger partial charge in [-0.3, -0.25) is 0 Å². The molecule has 1 heteroatoms. The van der Waals surface area contributed by atoms with Crippen LogP contribution in [0.2, 0.25) is 0 Å². The maximum absolute atomic E-state index is 5.61. The molecule has 1 aromatic carbocycles. The van der Waals surface area contributed by atoms with Crippen molar-refractivity contribution in [2.45, 2.75) is 47.1 Å². The van der Waals surface area contributed by atoms with Crippen LogP contribution >= 0.6 is 0 Å². The lowest BCUT2D eigenvalue weighted by molar-refractivity contribution is 0.759. The van der Waals surface area contributed by atoms with Crippen LogP contribution in [0, 0.1) is 0 Å². The predicted octanol–water partition coefficient (Wildman–Crippen LogP) is 4.49. The van der Waals surface area contributed by atoms with Crippen molar-refractivity contribution in [2.75, 3.05) is 0 Å². The third kappa shape index (κ3) is 11.0. The molecule has 2 N–H and O–H groups in total. The molecule has 1 aromatic rings. The molecule has 1 unspecified atom stereocenters. The number of rotatable bonds is 3.